The first kappa shape index (κ1) is 14.4. The lowest BCUT2D eigenvalue weighted by atomic mass is 10.1. The molecule has 0 saturated carbocycles. The predicted octanol–water partition coefficient (Wildman–Crippen LogP) is 3.72. The summed E-state index contributed by atoms with van der Waals surface area (Å²) in [6.07, 6.45) is 1.20. The van der Waals surface area contributed by atoms with Crippen molar-refractivity contribution < 1.29 is 9.21 Å². The van der Waals surface area contributed by atoms with Crippen molar-refractivity contribution in [2.75, 3.05) is 11.9 Å². The van der Waals surface area contributed by atoms with Crippen LogP contribution in [0, 0.1) is 0 Å². The third kappa shape index (κ3) is 2.49. The van der Waals surface area contributed by atoms with E-state index in [1.54, 1.807) is 55.6 Å². The molecule has 0 aliphatic carbocycles. The number of fused-ring (bicyclic) bond motifs is 1. The van der Waals surface area contributed by atoms with Gasteiger partial charge in [0.2, 0.25) is 0 Å². The fourth-order valence-electron chi connectivity index (χ4n) is 2.28. The first-order chi connectivity index (χ1) is 10.6. The zero-order valence-corrected chi connectivity index (χ0v) is 12.5. The van der Waals surface area contributed by atoms with Crippen molar-refractivity contribution in [1.82, 2.24) is 0 Å². The quantitative estimate of drug-likeness (QED) is 0.724. The zero-order valence-electron chi connectivity index (χ0n) is 11.7. The van der Waals surface area contributed by atoms with E-state index in [0.29, 0.717) is 27.0 Å². The van der Waals surface area contributed by atoms with Crippen molar-refractivity contribution in [3.63, 3.8) is 0 Å². The lowest BCUT2D eigenvalue weighted by Crippen LogP contribution is -2.26. The maximum Gasteiger partial charge on any atom is 0.343 e. The molecular weight excluding hydrogens is 302 g/mol. The number of benzene rings is 2. The van der Waals surface area contributed by atoms with E-state index in [9.17, 15) is 9.59 Å². The number of anilines is 1. The second kappa shape index (κ2) is 5.66. The molecule has 0 aliphatic rings. The molecule has 1 heterocycles. The molecule has 1 aromatic heterocycles. The molecule has 1 amide bonds. The molecule has 3 aromatic rings. The van der Waals surface area contributed by atoms with Gasteiger partial charge in [-0.05, 0) is 24.3 Å². The normalized spacial score (nSPS) is 10.6. The highest BCUT2D eigenvalue weighted by Gasteiger charge is 2.18. The average Bonchev–Trinajstić information content (AvgIpc) is 2.54. The number of rotatable bonds is 2. The second-order valence-electron chi connectivity index (χ2n) is 4.83. The van der Waals surface area contributed by atoms with Crippen molar-refractivity contribution in [2.24, 2.45) is 0 Å². The van der Waals surface area contributed by atoms with E-state index in [-0.39, 0.29) is 5.91 Å². The minimum atomic E-state index is -0.461. The van der Waals surface area contributed by atoms with E-state index in [1.807, 2.05) is 0 Å². The number of carbonyl (C=O) groups excluding carboxylic acids is 1. The van der Waals surface area contributed by atoms with Gasteiger partial charge in [-0.1, -0.05) is 35.9 Å². The van der Waals surface area contributed by atoms with Crippen LogP contribution in [0.5, 0.6) is 0 Å². The van der Waals surface area contributed by atoms with Gasteiger partial charge in [0, 0.05) is 23.1 Å². The lowest BCUT2D eigenvalue weighted by Gasteiger charge is -2.18. The Morgan fingerprint density at radius 1 is 1.09 bits per heavy atom. The number of halogens is 1. The smallest absolute Gasteiger partial charge is 0.343 e. The van der Waals surface area contributed by atoms with E-state index in [0.717, 1.165) is 0 Å². The molecule has 0 spiro atoms. The van der Waals surface area contributed by atoms with Crippen molar-refractivity contribution >= 4 is 34.0 Å². The Morgan fingerprint density at radius 3 is 2.55 bits per heavy atom. The number of hydrogen-bond donors (Lipinski definition) is 0. The minimum Gasteiger partial charge on any atom is -0.430 e. The number of carbonyl (C=O) groups is 1. The van der Waals surface area contributed by atoms with Crippen LogP contribution in [0.4, 0.5) is 5.69 Å². The third-order valence-corrected chi connectivity index (χ3v) is 3.69. The van der Waals surface area contributed by atoms with Crippen molar-refractivity contribution in [3.05, 3.63) is 75.8 Å². The predicted molar refractivity (Wildman–Crippen MR) is 86.7 cm³/mol. The van der Waals surface area contributed by atoms with E-state index < -0.39 is 5.63 Å². The van der Waals surface area contributed by atoms with Crippen LogP contribution in [-0.2, 0) is 0 Å². The maximum absolute atomic E-state index is 12.7. The number of hydrogen-bond acceptors (Lipinski definition) is 3. The molecule has 4 nitrogen and oxygen atoms in total. The third-order valence-electron chi connectivity index (χ3n) is 3.45. The molecular formula is C17H12ClNO3. The Morgan fingerprint density at radius 2 is 1.82 bits per heavy atom. The van der Waals surface area contributed by atoms with Crippen molar-refractivity contribution in [2.45, 2.75) is 0 Å². The summed E-state index contributed by atoms with van der Waals surface area (Å²) < 4.78 is 4.97. The van der Waals surface area contributed by atoms with E-state index in [2.05, 4.69) is 0 Å². The SMILES string of the molecule is CN(C(=O)c1coc(=O)c2ccccc12)c1cccc(Cl)c1. The summed E-state index contributed by atoms with van der Waals surface area (Å²) in [6, 6.07) is 13.9. The lowest BCUT2D eigenvalue weighted by molar-refractivity contribution is 0.0992. The van der Waals surface area contributed by atoms with Gasteiger partial charge in [-0.3, -0.25) is 4.79 Å². The number of amides is 1. The topological polar surface area (TPSA) is 50.5 Å². The van der Waals surface area contributed by atoms with Crippen LogP contribution in [0.1, 0.15) is 10.4 Å². The Hall–Kier alpha value is -2.59. The first-order valence-corrected chi connectivity index (χ1v) is 7.00. The highest BCUT2D eigenvalue weighted by molar-refractivity contribution is 6.31. The van der Waals surface area contributed by atoms with Crippen molar-refractivity contribution in [1.29, 1.82) is 0 Å². The van der Waals surface area contributed by atoms with Crippen LogP contribution in [0.2, 0.25) is 5.02 Å². The Bertz CT molecular complexity index is 917. The Kier molecular flexibility index (Phi) is 3.69. The molecule has 22 heavy (non-hydrogen) atoms. The molecule has 0 bridgehead atoms. The molecule has 0 aliphatic heterocycles. The summed E-state index contributed by atoms with van der Waals surface area (Å²) in [5.74, 6) is -0.276. The molecule has 0 radical (unpaired) electrons. The molecule has 0 saturated heterocycles. The van der Waals surface area contributed by atoms with Gasteiger partial charge in [0.25, 0.3) is 5.91 Å². The van der Waals surface area contributed by atoms with Crippen LogP contribution in [-0.4, -0.2) is 13.0 Å². The van der Waals surface area contributed by atoms with Crippen LogP contribution in [0.15, 0.2) is 64.0 Å². The molecule has 2 aromatic carbocycles. The summed E-state index contributed by atoms with van der Waals surface area (Å²) in [7, 11) is 1.65. The van der Waals surface area contributed by atoms with Crippen LogP contribution >= 0.6 is 11.6 Å². The van der Waals surface area contributed by atoms with Crippen LogP contribution in [0.3, 0.4) is 0 Å². The maximum atomic E-state index is 12.7. The highest BCUT2D eigenvalue weighted by atomic mass is 35.5. The monoisotopic (exact) mass is 313 g/mol. The standard InChI is InChI=1S/C17H12ClNO3/c1-19(12-6-4-5-11(18)9-12)16(20)15-10-22-17(21)14-8-3-2-7-13(14)15/h2-10H,1H3. The molecule has 3 rings (SSSR count). The molecule has 0 unspecified atom stereocenters. The van der Waals surface area contributed by atoms with Gasteiger partial charge in [-0.2, -0.15) is 0 Å². The van der Waals surface area contributed by atoms with Crippen LogP contribution < -0.4 is 10.5 Å². The summed E-state index contributed by atoms with van der Waals surface area (Å²) in [5, 5.41) is 1.49. The summed E-state index contributed by atoms with van der Waals surface area (Å²) >= 11 is 5.96. The summed E-state index contributed by atoms with van der Waals surface area (Å²) in [6.45, 7) is 0. The van der Waals surface area contributed by atoms with E-state index in [4.69, 9.17) is 16.0 Å². The summed E-state index contributed by atoms with van der Waals surface area (Å²) in [4.78, 5) is 25.9. The molecule has 0 fully saturated rings. The fraction of sp³-hybridized carbons (Fsp3) is 0.0588. The van der Waals surface area contributed by atoms with Gasteiger partial charge in [0.15, 0.2) is 0 Å². The average molecular weight is 314 g/mol. The van der Waals surface area contributed by atoms with Crippen molar-refractivity contribution in [3.8, 4) is 0 Å². The number of nitrogens with zero attached hydrogens (tertiary/aromatic N) is 1. The van der Waals surface area contributed by atoms with Gasteiger partial charge in [0.05, 0.1) is 10.9 Å². The van der Waals surface area contributed by atoms with E-state index >= 15 is 0 Å². The molecule has 5 heteroatoms. The highest BCUT2D eigenvalue weighted by Crippen LogP contribution is 2.22. The zero-order chi connectivity index (χ0) is 15.7. The van der Waals surface area contributed by atoms with Gasteiger partial charge in [0.1, 0.15) is 6.26 Å². The molecule has 0 atom stereocenters. The minimum absolute atomic E-state index is 0.276. The first-order valence-electron chi connectivity index (χ1n) is 6.62. The van der Waals surface area contributed by atoms with E-state index in [1.165, 1.54) is 11.2 Å². The second-order valence-corrected chi connectivity index (χ2v) is 5.26. The van der Waals surface area contributed by atoms with Gasteiger partial charge < -0.3 is 9.32 Å². The fourth-order valence-corrected chi connectivity index (χ4v) is 2.47. The largest absolute Gasteiger partial charge is 0.430 e. The van der Waals surface area contributed by atoms with Gasteiger partial charge in [-0.15, -0.1) is 0 Å². The van der Waals surface area contributed by atoms with Gasteiger partial charge >= 0.3 is 5.63 Å². The van der Waals surface area contributed by atoms with Gasteiger partial charge in [-0.25, -0.2) is 4.79 Å². The Balaban J connectivity index is 2.10. The summed E-state index contributed by atoms with van der Waals surface area (Å²) in [5.41, 5.74) is 0.531. The molecule has 110 valence electrons. The Labute approximate surface area is 131 Å². The molecule has 0 N–H and O–H groups in total. The van der Waals surface area contributed by atoms with Crippen LogP contribution in [0.25, 0.3) is 10.8 Å².